The highest BCUT2D eigenvalue weighted by atomic mass is 14.9. The van der Waals surface area contributed by atoms with E-state index in [4.69, 9.17) is 9.97 Å². The number of hydrogen-bond acceptors (Lipinski definition) is 4. The molecule has 0 saturated heterocycles. The number of nitrogens with one attached hydrogen (secondary N) is 2. The van der Waals surface area contributed by atoms with Gasteiger partial charge in [0.1, 0.15) is 0 Å². The van der Waals surface area contributed by atoms with Crippen molar-refractivity contribution in [1.82, 2.24) is 9.97 Å². The Bertz CT molecular complexity index is 1400. The van der Waals surface area contributed by atoms with Crippen LogP contribution in [0.2, 0.25) is 0 Å². The van der Waals surface area contributed by atoms with E-state index in [1.165, 1.54) is 96.0 Å². The van der Waals surface area contributed by atoms with E-state index in [9.17, 15) is 0 Å². The van der Waals surface area contributed by atoms with Crippen molar-refractivity contribution in [2.75, 3.05) is 23.7 Å². The van der Waals surface area contributed by atoms with Gasteiger partial charge in [0.25, 0.3) is 0 Å². The number of para-hydroxylation sites is 2. The van der Waals surface area contributed by atoms with E-state index < -0.39 is 0 Å². The maximum atomic E-state index is 4.93. The van der Waals surface area contributed by atoms with Crippen LogP contribution in [0.4, 0.5) is 11.4 Å². The van der Waals surface area contributed by atoms with Crippen molar-refractivity contribution >= 4 is 45.3 Å². The van der Waals surface area contributed by atoms with Gasteiger partial charge in [-0.1, -0.05) is 99.2 Å². The van der Waals surface area contributed by atoms with Crippen LogP contribution >= 0.6 is 0 Å². The molecule has 206 valence electrons. The first-order chi connectivity index (χ1) is 19.9. The lowest BCUT2D eigenvalue weighted by molar-refractivity contribution is 0.577. The van der Waals surface area contributed by atoms with Crippen LogP contribution in [0.3, 0.4) is 0 Å². The van der Waals surface area contributed by atoms with E-state index in [0.717, 1.165) is 49.8 Å². The summed E-state index contributed by atoms with van der Waals surface area (Å²) in [5.41, 5.74) is 9.86. The topological polar surface area (TPSA) is 49.8 Å². The highest BCUT2D eigenvalue weighted by Crippen LogP contribution is 2.34. The maximum absolute atomic E-state index is 4.93. The Labute approximate surface area is 239 Å². The van der Waals surface area contributed by atoms with E-state index >= 15 is 0 Å². The van der Waals surface area contributed by atoms with Crippen molar-refractivity contribution in [1.29, 1.82) is 0 Å². The minimum Gasteiger partial charge on any atom is -0.384 e. The summed E-state index contributed by atoms with van der Waals surface area (Å²) in [7, 11) is 0. The lowest BCUT2D eigenvalue weighted by Crippen LogP contribution is -2.08. The average molecular weight is 531 g/mol. The predicted octanol–water partition coefficient (Wildman–Crippen LogP) is 9.35. The minimum atomic E-state index is 1.03. The minimum absolute atomic E-state index is 1.03. The summed E-state index contributed by atoms with van der Waals surface area (Å²) >= 11 is 0. The van der Waals surface area contributed by atoms with Crippen LogP contribution in [0.15, 0.2) is 60.7 Å². The van der Waals surface area contributed by atoms with Gasteiger partial charge in [0.05, 0.1) is 33.8 Å². The van der Waals surface area contributed by atoms with Crippen molar-refractivity contribution in [2.45, 2.75) is 77.0 Å². The van der Waals surface area contributed by atoms with Gasteiger partial charge >= 0.3 is 0 Å². The number of aryl methyl sites for hydroxylation is 2. The monoisotopic (exact) mass is 530 g/mol. The molecule has 4 nitrogen and oxygen atoms in total. The second-order valence-corrected chi connectivity index (χ2v) is 11.3. The molecule has 40 heavy (non-hydrogen) atoms. The number of pyridine rings is 2. The first-order valence-electron chi connectivity index (χ1n) is 15.5. The molecule has 4 aromatic rings. The molecule has 2 aromatic heterocycles. The van der Waals surface area contributed by atoms with Crippen LogP contribution in [0.5, 0.6) is 0 Å². The molecule has 0 bridgehead atoms. The van der Waals surface area contributed by atoms with Crippen molar-refractivity contribution in [3.8, 4) is 0 Å². The van der Waals surface area contributed by atoms with Gasteiger partial charge in [-0.2, -0.15) is 0 Å². The molecule has 0 aliphatic heterocycles. The zero-order valence-electron chi connectivity index (χ0n) is 23.7. The van der Waals surface area contributed by atoms with Crippen LogP contribution in [0.1, 0.15) is 86.7 Å². The van der Waals surface area contributed by atoms with E-state index in [1.807, 2.05) is 0 Å². The molecule has 2 aliphatic rings. The number of anilines is 2. The largest absolute Gasteiger partial charge is 0.384 e. The Morgan fingerprint density at radius 1 is 0.525 bits per heavy atom. The number of allylic oxidation sites excluding steroid dienone is 2. The molecule has 0 saturated carbocycles. The molecular formula is C36H42N4. The number of fused-ring (bicyclic) bond motifs is 4. The average Bonchev–Trinajstić information content (AvgIpc) is 3.00. The number of unbranched alkanes of at least 4 members (excludes halogenated alkanes) is 7. The van der Waals surface area contributed by atoms with Crippen molar-refractivity contribution in [2.24, 2.45) is 0 Å². The number of aromatic nitrogens is 2. The molecule has 0 unspecified atom stereocenters. The summed E-state index contributed by atoms with van der Waals surface area (Å²) < 4.78 is 0. The van der Waals surface area contributed by atoms with E-state index in [-0.39, 0.29) is 0 Å². The maximum Gasteiger partial charge on any atom is 0.0726 e. The fourth-order valence-electron chi connectivity index (χ4n) is 6.26. The molecule has 0 fully saturated rings. The zero-order chi connectivity index (χ0) is 27.0. The lowest BCUT2D eigenvalue weighted by Gasteiger charge is -2.18. The molecule has 2 aliphatic carbocycles. The third kappa shape index (κ3) is 6.06. The quantitative estimate of drug-likeness (QED) is 0.169. The molecule has 0 radical (unpaired) electrons. The lowest BCUT2D eigenvalue weighted by atomic mass is 9.98. The number of benzene rings is 2. The molecule has 2 N–H and O–H groups in total. The Hall–Kier alpha value is -3.66. The molecule has 2 heterocycles. The number of nitrogens with zero attached hydrogens (tertiary/aromatic N) is 2. The van der Waals surface area contributed by atoms with Gasteiger partial charge in [-0.3, -0.25) is 9.97 Å². The molecule has 4 heteroatoms. The first kappa shape index (κ1) is 26.6. The van der Waals surface area contributed by atoms with Gasteiger partial charge in [0.15, 0.2) is 0 Å². The van der Waals surface area contributed by atoms with Crippen molar-refractivity contribution in [3.05, 3.63) is 83.2 Å². The van der Waals surface area contributed by atoms with Gasteiger partial charge in [-0.15, -0.1) is 0 Å². The van der Waals surface area contributed by atoms with Crippen LogP contribution in [-0.2, 0) is 12.8 Å². The molecule has 0 amide bonds. The Kier molecular flexibility index (Phi) is 8.72. The van der Waals surface area contributed by atoms with Gasteiger partial charge in [-0.25, -0.2) is 0 Å². The normalized spacial score (nSPS) is 13.9. The Morgan fingerprint density at radius 3 is 1.43 bits per heavy atom. The fourth-order valence-corrected chi connectivity index (χ4v) is 6.26. The third-order valence-corrected chi connectivity index (χ3v) is 8.39. The molecule has 0 atom stereocenters. The van der Waals surface area contributed by atoms with Crippen LogP contribution in [-0.4, -0.2) is 23.1 Å². The second kappa shape index (κ2) is 13.1. The standard InChI is InChI=1S/C36H42N4/c1(3-5-15-25-37-35-27-17-7-11-21-31(27)39-32-22-12-8-18-28(32)35)2-4-6-16-26-38-36-29-19-9-13-23-33(29)40-34-24-14-10-20-30(34)36/h7-11,13,17-21,23H,1-6,12,14-16,22,24-26H2,(H,37,39)(H,38,40). The third-order valence-electron chi connectivity index (χ3n) is 8.39. The summed E-state index contributed by atoms with van der Waals surface area (Å²) in [5.74, 6) is 0. The van der Waals surface area contributed by atoms with Crippen molar-refractivity contribution < 1.29 is 0 Å². The fraction of sp³-hybridized carbons (Fsp3) is 0.389. The molecule has 6 rings (SSSR count). The second-order valence-electron chi connectivity index (χ2n) is 11.3. The molecule has 0 spiro atoms. The SMILES string of the molecule is C1=Cc2c(nc3ccccc3c2NCCCCCCCCCCNc2c3c(nc4ccccc24)CCC=C3)CC1. The summed E-state index contributed by atoms with van der Waals surface area (Å²) in [5, 5.41) is 10.0. The van der Waals surface area contributed by atoms with Crippen LogP contribution in [0, 0.1) is 0 Å². The van der Waals surface area contributed by atoms with Gasteiger partial charge < -0.3 is 10.6 Å². The smallest absolute Gasteiger partial charge is 0.0726 e. The summed E-state index contributed by atoms with van der Waals surface area (Å²) in [6.07, 6.45) is 23.7. The van der Waals surface area contributed by atoms with Gasteiger partial charge in [-0.05, 0) is 50.7 Å². The Morgan fingerprint density at radius 2 is 0.950 bits per heavy atom. The van der Waals surface area contributed by atoms with Crippen LogP contribution < -0.4 is 10.6 Å². The Balaban J connectivity index is 0.887. The predicted molar refractivity (Wildman–Crippen MR) is 172 cm³/mol. The summed E-state index contributed by atoms with van der Waals surface area (Å²) in [4.78, 5) is 9.85. The van der Waals surface area contributed by atoms with Gasteiger partial charge in [0.2, 0.25) is 0 Å². The zero-order valence-corrected chi connectivity index (χ0v) is 23.7. The van der Waals surface area contributed by atoms with Crippen LogP contribution in [0.25, 0.3) is 34.0 Å². The molecule has 2 aromatic carbocycles. The highest BCUT2D eigenvalue weighted by Gasteiger charge is 2.16. The van der Waals surface area contributed by atoms with E-state index in [2.05, 4.69) is 83.5 Å². The summed E-state index contributed by atoms with van der Waals surface area (Å²) in [6.45, 7) is 2.06. The van der Waals surface area contributed by atoms with E-state index in [0.29, 0.717) is 0 Å². The van der Waals surface area contributed by atoms with Gasteiger partial charge in [0, 0.05) is 35.0 Å². The molecular weight excluding hydrogens is 488 g/mol. The van der Waals surface area contributed by atoms with E-state index in [1.54, 1.807) is 0 Å². The first-order valence-corrected chi connectivity index (χ1v) is 15.5. The number of rotatable bonds is 13. The summed E-state index contributed by atoms with van der Waals surface area (Å²) in [6, 6.07) is 17.1. The van der Waals surface area contributed by atoms with Crippen molar-refractivity contribution in [3.63, 3.8) is 0 Å². The number of hydrogen-bond donors (Lipinski definition) is 2. The highest BCUT2D eigenvalue weighted by molar-refractivity contribution is 5.97.